The van der Waals surface area contributed by atoms with Crippen LogP contribution in [0.2, 0.25) is 0 Å². The molecule has 0 saturated carbocycles. The number of thiol groups is 1. The van der Waals surface area contributed by atoms with E-state index in [-0.39, 0.29) is 10.5 Å². The van der Waals surface area contributed by atoms with Crippen molar-refractivity contribution in [3.8, 4) is 0 Å². The molecule has 0 fully saturated rings. The fourth-order valence-corrected chi connectivity index (χ4v) is 3.16. The van der Waals surface area contributed by atoms with E-state index >= 15 is 0 Å². The normalized spacial score (nSPS) is 13.3. The van der Waals surface area contributed by atoms with Gasteiger partial charge in [-0.05, 0) is 19.3 Å². The zero-order chi connectivity index (χ0) is 13.5. The maximum absolute atomic E-state index is 12.1. The Bertz CT molecular complexity index is 294. The maximum atomic E-state index is 12.1. The van der Waals surface area contributed by atoms with Crippen molar-refractivity contribution in [2.75, 3.05) is 18.8 Å². The summed E-state index contributed by atoms with van der Waals surface area (Å²) in [7, 11) is -3.07. The Morgan fingerprint density at radius 3 is 2.12 bits per heavy atom. The van der Waals surface area contributed by atoms with Gasteiger partial charge in [-0.3, -0.25) is 0 Å². The SMILES string of the molecule is CCCCN(CCC(C)(C)S)S(=O)(=O)CCC. The van der Waals surface area contributed by atoms with Crippen LogP contribution in [0.5, 0.6) is 0 Å². The van der Waals surface area contributed by atoms with Crippen molar-refractivity contribution >= 4 is 22.7 Å². The lowest BCUT2D eigenvalue weighted by Crippen LogP contribution is -2.36. The molecule has 0 radical (unpaired) electrons. The summed E-state index contributed by atoms with van der Waals surface area (Å²) in [6.07, 6.45) is 3.40. The van der Waals surface area contributed by atoms with E-state index in [1.54, 1.807) is 4.31 Å². The van der Waals surface area contributed by atoms with Gasteiger partial charge in [-0.2, -0.15) is 12.6 Å². The molecule has 0 aliphatic rings. The van der Waals surface area contributed by atoms with Gasteiger partial charge in [0.25, 0.3) is 0 Å². The minimum Gasteiger partial charge on any atom is -0.212 e. The van der Waals surface area contributed by atoms with Crippen LogP contribution in [0.4, 0.5) is 0 Å². The van der Waals surface area contributed by atoms with Gasteiger partial charge < -0.3 is 0 Å². The van der Waals surface area contributed by atoms with Crippen molar-refractivity contribution in [1.82, 2.24) is 4.31 Å². The van der Waals surface area contributed by atoms with Gasteiger partial charge in [0.15, 0.2) is 0 Å². The van der Waals surface area contributed by atoms with Crippen LogP contribution in [0.1, 0.15) is 53.4 Å². The highest BCUT2D eigenvalue weighted by Gasteiger charge is 2.22. The first-order valence-corrected chi connectivity index (χ1v) is 8.48. The Morgan fingerprint density at radius 2 is 1.71 bits per heavy atom. The third-order valence-electron chi connectivity index (χ3n) is 2.59. The molecule has 0 heterocycles. The van der Waals surface area contributed by atoms with E-state index in [1.807, 2.05) is 20.8 Å². The van der Waals surface area contributed by atoms with Crippen LogP contribution in [0, 0.1) is 0 Å². The van der Waals surface area contributed by atoms with E-state index in [4.69, 9.17) is 0 Å². The second-order valence-corrected chi connectivity index (χ2v) is 8.43. The Kier molecular flexibility index (Phi) is 7.76. The largest absolute Gasteiger partial charge is 0.214 e. The molecule has 17 heavy (non-hydrogen) atoms. The number of rotatable bonds is 9. The molecular formula is C12H27NO2S2. The molecular weight excluding hydrogens is 254 g/mol. The molecule has 3 nitrogen and oxygen atoms in total. The Labute approximate surface area is 112 Å². The molecule has 5 heteroatoms. The van der Waals surface area contributed by atoms with Gasteiger partial charge in [0.05, 0.1) is 5.75 Å². The lowest BCUT2D eigenvalue weighted by Gasteiger charge is -2.25. The first-order chi connectivity index (χ1) is 7.73. The van der Waals surface area contributed by atoms with Gasteiger partial charge in [-0.15, -0.1) is 0 Å². The summed E-state index contributed by atoms with van der Waals surface area (Å²) in [4.78, 5) is 0. The summed E-state index contributed by atoms with van der Waals surface area (Å²) in [5.74, 6) is 0.254. The molecule has 0 atom stereocenters. The van der Waals surface area contributed by atoms with Crippen LogP contribution >= 0.6 is 12.6 Å². The van der Waals surface area contributed by atoms with E-state index in [0.29, 0.717) is 19.5 Å². The molecule has 0 saturated heterocycles. The highest BCUT2D eigenvalue weighted by Crippen LogP contribution is 2.19. The van der Waals surface area contributed by atoms with Crippen molar-refractivity contribution in [3.05, 3.63) is 0 Å². The van der Waals surface area contributed by atoms with Gasteiger partial charge in [0.1, 0.15) is 0 Å². The van der Waals surface area contributed by atoms with E-state index in [9.17, 15) is 8.42 Å². The van der Waals surface area contributed by atoms with Gasteiger partial charge in [0.2, 0.25) is 10.0 Å². The average molecular weight is 281 g/mol. The van der Waals surface area contributed by atoms with Gasteiger partial charge in [0, 0.05) is 17.8 Å². The van der Waals surface area contributed by atoms with E-state index in [2.05, 4.69) is 19.6 Å². The predicted molar refractivity (Wildman–Crippen MR) is 78.2 cm³/mol. The van der Waals surface area contributed by atoms with E-state index < -0.39 is 10.0 Å². The summed E-state index contributed by atoms with van der Waals surface area (Å²) in [5.41, 5.74) is 0. The molecule has 0 N–H and O–H groups in total. The van der Waals surface area contributed by atoms with Crippen molar-refractivity contribution in [2.24, 2.45) is 0 Å². The monoisotopic (exact) mass is 281 g/mol. The zero-order valence-electron chi connectivity index (χ0n) is 11.6. The summed E-state index contributed by atoms with van der Waals surface area (Å²) in [6, 6.07) is 0. The van der Waals surface area contributed by atoms with Crippen molar-refractivity contribution < 1.29 is 8.42 Å². The van der Waals surface area contributed by atoms with Crippen molar-refractivity contribution in [2.45, 2.75) is 58.1 Å². The Hall–Kier alpha value is 0.260. The Balaban J connectivity index is 4.53. The lowest BCUT2D eigenvalue weighted by molar-refractivity contribution is 0.383. The third kappa shape index (κ3) is 8.06. The third-order valence-corrected chi connectivity index (χ3v) is 4.89. The second-order valence-electron chi connectivity index (χ2n) is 5.13. The molecule has 0 spiro atoms. The van der Waals surface area contributed by atoms with Crippen LogP contribution in [0.15, 0.2) is 0 Å². The summed E-state index contributed by atoms with van der Waals surface area (Å²) < 4.78 is 25.6. The Morgan fingerprint density at radius 1 is 1.12 bits per heavy atom. The number of sulfonamides is 1. The smallest absolute Gasteiger partial charge is 0.212 e. The predicted octanol–water partition coefficient (Wildman–Crippen LogP) is 2.93. The number of hydrogen-bond acceptors (Lipinski definition) is 3. The van der Waals surface area contributed by atoms with Crippen LogP contribution in [-0.4, -0.2) is 36.3 Å². The first-order valence-electron chi connectivity index (χ1n) is 6.43. The molecule has 104 valence electrons. The van der Waals surface area contributed by atoms with Crippen molar-refractivity contribution in [3.63, 3.8) is 0 Å². The average Bonchev–Trinajstić information content (AvgIpc) is 2.15. The first kappa shape index (κ1) is 17.3. The van der Waals surface area contributed by atoms with Crippen molar-refractivity contribution in [1.29, 1.82) is 0 Å². The fraction of sp³-hybridized carbons (Fsp3) is 1.00. The molecule has 0 aromatic carbocycles. The lowest BCUT2D eigenvalue weighted by atomic mass is 10.1. The molecule has 0 unspecified atom stereocenters. The molecule has 0 bridgehead atoms. The van der Waals surface area contributed by atoms with Gasteiger partial charge >= 0.3 is 0 Å². The molecule has 0 aliphatic carbocycles. The number of hydrogen-bond donors (Lipinski definition) is 1. The molecule has 0 aromatic heterocycles. The van der Waals surface area contributed by atoms with E-state index in [0.717, 1.165) is 19.3 Å². The zero-order valence-corrected chi connectivity index (χ0v) is 13.3. The highest BCUT2D eigenvalue weighted by molar-refractivity contribution is 7.89. The fourth-order valence-electron chi connectivity index (χ4n) is 1.51. The number of nitrogens with zero attached hydrogens (tertiary/aromatic N) is 1. The number of unbranched alkanes of at least 4 members (excludes halogenated alkanes) is 1. The van der Waals surface area contributed by atoms with Crippen LogP contribution in [0.3, 0.4) is 0 Å². The highest BCUT2D eigenvalue weighted by atomic mass is 32.2. The minimum absolute atomic E-state index is 0.119. The van der Waals surface area contributed by atoms with E-state index in [1.165, 1.54) is 0 Å². The summed E-state index contributed by atoms with van der Waals surface area (Å²) in [6.45, 7) is 9.23. The second kappa shape index (κ2) is 7.64. The standard InChI is InChI=1S/C12H27NO2S2/c1-5-7-9-13(10-8-12(3,4)16)17(14,15)11-6-2/h16H,5-11H2,1-4H3. The molecule has 0 rings (SSSR count). The molecule has 0 aromatic rings. The topological polar surface area (TPSA) is 37.4 Å². The van der Waals surface area contributed by atoms with Gasteiger partial charge in [-0.1, -0.05) is 34.1 Å². The summed E-state index contributed by atoms with van der Waals surface area (Å²) >= 11 is 4.45. The maximum Gasteiger partial charge on any atom is 0.214 e. The minimum atomic E-state index is -3.07. The molecule has 0 aliphatic heterocycles. The summed E-state index contributed by atoms with van der Waals surface area (Å²) in [5, 5.41) is 0. The van der Waals surface area contributed by atoms with Crippen LogP contribution < -0.4 is 0 Å². The van der Waals surface area contributed by atoms with Crippen LogP contribution in [-0.2, 0) is 10.0 Å². The molecule has 0 amide bonds. The van der Waals surface area contributed by atoms with Gasteiger partial charge in [-0.25, -0.2) is 12.7 Å². The quantitative estimate of drug-likeness (QED) is 0.660. The van der Waals surface area contributed by atoms with Crippen LogP contribution in [0.25, 0.3) is 0 Å².